The Hall–Kier alpha value is -2.68. The fourth-order valence-corrected chi connectivity index (χ4v) is 2.80. The molecule has 1 aliphatic heterocycles. The number of carbonyl (C=O) groups excluding carboxylic acids is 2. The van der Waals surface area contributed by atoms with Crippen LogP contribution in [-0.2, 0) is 0 Å². The lowest BCUT2D eigenvalue weighted by Gasteiger charge is -2.26. The molecule has 0 fully saturated rings. The number of ether oxygens (including phenoxy) is 1. The normalized spacial score (nSPS) is 16.2. The smallest absolute Gasteiger partial charge is 0.195 e. The molecule has 0 aromatic heterocycles. The van der Waals surface area contributed by atoms with Crippen LogP contribution in [0.5, 0.6) is 5.75 Å². The highest BCUT2D eigenvalue weighted by atomic mass is 16.5. The first-order valence-electron chi connectivity index (χ1n) is 6.41. The molecular formula is C17H10O3. The van der Waals surface area contributed by atoms with Gasteiger partial charge in [-0.2, -0.15) is 0 Å². The van der Waals surface area contributed by atoms with Crippen LogP contribution in [0.15, 0.2) is 54.1 Å². The molecule has 4 rings (SSSR count). The third-order valence-corrected chi connectivity index (χ3v) is 3.75. The Kier molecular flexibility index (Phi) is 2.18. The van der Waals surface area contributed by atoms with E-state index in [9.17, 15) is 9.59 Å². The number of fused-ring (bicyclic) bond motifs is 3. The van der Waals surface area contributed by atoms with Crippen molar-refractivity contribution in [2.24, 2.45) is 0 Å². The molecule has 0 saturated carbocycles. The van der Waals surface area contributed by atoms with E-state index in [4.69, 9.17) is 4.74 Å². The molecular weight excluding hydrogens is 252 g/mol. The van der Waals surface area contributed by atoms with Gasteiger partial charge in [0.05, 0.1) is 0 Å². The first kappa shape index (κ1) is 11.2. The molecule has 0 unspecified atom stereocenters. The first-order valence-corrected chi connectivity index (χ1v) is 6.41. The van der Waals surface area contributed by atoms with Crippen LogP contribution in [0.4, 0.5) is 0 Å². The zero-order chi connectivity index (χ0) is 13.7. The Morgan fingerprint density at radius 3 is 2.10 bits per heavy atom. The quantitative estimate of drug-likeness (QED) is 0.733. The molecule has 1 aliphatic carbocycles. The largest absolute Gasteiger partial charge is 0.488 e. The Morgan fingerprint density at radius 2 is 1.35 bits per heavy atom. The predicted octanol–water partition coefficient (Wildman–Crippen LogP) is 2.91. The zero-order valence-corrected chi connectivity index (χ0v) is 10.6. The number of hydrogen-bond acceptors (Lipinski definition) is 3. The van der Waals surface area contributed by atoms with E-state index >= 15 is 0 Å². The molecule has 0 atom stereocenters. The molecule has 0 radical (unpaired) electrons. The molecule has 2 aromatic rings. The molecule has 96 valence electrons. The average molecular weight is 262 g/mol. The molecule has 0 spiro atoms. The molecule has 2 aromatic carbocycles. The maximum Gasteiger partial charge on any atom is 0.195 e. The van der Waals surface area contributed by atoms with Gasteiger partial charge in [0.15, 0.2) is 11.6 Å². The predicted molar refractivity (Wildman–Crippen MR) is 74.0 cm³/mol. The standard InChI is InChI=1S/C17H10O3/c18-16-10-5-1-2-6-11(10)17(19)15-12-7-3-4-8-14(12)20-9-13(15)16/h1-8H,9H2. The maximum absolute atomic E-state index is 12.7. The first-order chi connectivity index (χ1) is 9.77. The molecule has 2 aliphatic rings. The number of para-hydroxylation sites is 1. The molecule has 0 N–H and O–H groups in total. The van der Waals surface area contributed by atoms with E-state index in [1.807, 2.05) is 24.3 Å². The second kappa shape index (κ2) is 3.90. The Labute approximate surface area is 115 Å². The van der Waals surface area contributed by atoms with Gasteiger partial charge < -0.3 is 4.74 Å². The van der Waals surface area contributed by atoms with Gasteiger partial charge >= 0.3 is 0 Å². The van der Waals surface area contributed by atoms with Crippen molar-refractivity contribution >= 4 is 17.1 Å². The van der Waals surface area contributed by atoms with Crippen LogP contribution in [-0.4, -0.2) is 18.2 Å². The summed E-state index contributed by atoms with van der Waals surface area (Å²) in [4.78, 5) is 25.2. The number of allylic oxidation sites excluding steroid dienone is 1. The number of Topliss-reactive ketones (excluding diaryl/α,β-unsaturated/α-hetero) is 2. The van der Waals surface area contributed by atoms with Gasteiger partial charge in [-0.25, -0.2) is 0 Å². The Bertz CT molecular complexity index is 799. The minimum absolute atomic E-state index is 0.0917. The van der Waals surface area contributed by atoms with Crippen molar-refractivity contribution in [2.75, 3.05) is 6.61 Å². The summed E-state index contributed by atoms with van der Waals surface area (Å²) in [6, 6.07) is 14.3. The van der Waals surface area contributed by atoms with Crippen LogP contribution in [0.1, 0.15) is 26.3 Å². The minimum Gasteiger partial charge on any atom is -0.488 e. The van der Waals surface area contributed by atoms with Crippen LogP contribution >= 0.6 is 0 Å². The van der Waals surface area contributed by atoms with E-state index in [2.05, 4.69) is 0 Å². The number of benzene rings is 2. The van der Waals surface area contributed by atoms with Gasteiger partial charge in [-0.15, -0.1) is 0 Å². The van der Waals surface area contributed by atoms with Crippen LogP contribution < -0.4 is 4.74 Å². The van der Waals surface area contributed by atoms with E-state index in [1.165, 1.54) is 0 Å². The van der Waals surface area contributed by atoms with Crippen molar-refractivity contribution in [3.8, 4) is 5.75 Å². The molecule has 1 heterocycles. The third-order valence-electron chi connectivity index (χ3n) is 3.75. The zero-order valence-electron chi connectivity index (χ0n) is 10.6. The summed E-state index contributed by atoms with van der Waals surface area (Å²) in [6.45, 7) is 0.158. The summed E-state index contributed by atoms with van der Waals surface area (Å²) < 4.78 is 5.60. The molecule has 3 nitrogen and oxygen atoms in total. The van der Waals surface area contributed by atoms with Gasteiger partial charge in [-0.1, -0.05) is 42.5 Å². The van der Waals surface area contributed by atoms with Crippen molar-refractivity contribution in [3.05, 3.63) is 70.8 Å². The Balaban J connectivity index is 2.02. The Morgan fingerprint density at radius 1 is 0.750 bits per heavy atom. The van der Waals surface area contributed by atoms with Gasteiger partial charge in [-0.3, -0.25) is 9.59 Å². The highest BCUT2D eigenvalue weighted by Crippen LogP contribution is 2.39. The number of rotatable bonds is 0. The lowest BCUT2D eigenvalue weighted by atomic mass is 9.80. The maximum atomic E-state index is 12.7. The fourth-order valence-electron chi connectivity index (χ4n) is 2.80. The molecule has 0 amide bonds. The minimum atomic E-state index is -0.107. The summed E-state index contributed by atoms with van der Waals surface area (Å²) in [6.07, 6.45) is 0. The van der Waals surface area contributed by atoms with Crippen LogP contribution in [0, 0.1) is 0 Å². The van der Waals surface area contributed by atoms with Crippen molar-refractivity contribution in [1.82, 2.24) is 0 Å². The second-order valence-electron chi connectivity index (χ2n) is 4.84. The van der Waals surface area contributed by atoms with Gasteiger partial charge in [0.1, 0.15) is 12.4 Å². The molecule has 3 heteroatoms. The topological polar surface area (TPSA) is 43.4 Å². The van der Waals surface area contributed by atoms with E-state index < -0.39 is 0 Å². The summed E-state index contributed by atoms with van der Waals surface area (Å²) in [5, 5.41) is 0. The fraction of sp³-hybridized carbons (Fsp3) is 0.0588. The highest BCUT2D eigenvalue weighted by molar-refractivity contribution is 6.41. The van der Waals surface area contributed by atoms with Gasteiger partial charge in [0, 0.05) is 27.8 Å². The SMILES string of the molecule is O=C1C2=C(C(=O)c3ccccc31)c1ccccc1OC2. The number of hydrogen-bond donors (Lipinski definition) is 0. The lowest BCUT2D eigenvalue weighted by molar-refractivity contribution is 0.0978. The second-order valence-corrected chi connectivity index (χ2v) is 4.84. The summed E-state index contributed by atoms with van der Waals surface area (Å²) >= 11 is 0. The van der Waals surface area contributed by atoms with Gasteiger partial charge in [0.2, 0.25) is 0 Å². The summed E-state index contributed by atoms with van der Waals surface area (Å²) in [5.74, 6) is 0.461. The van der Waals surface area contributed by atoms with E-state index in [-0.39, 0.29) is 18.2 Å². The van der Waals surface area contributed by atoms with Crippen molar-refractivity contribution in [3.63, 3.8) is 0 Å². The number of ketones is 2. The summed E-state index contributed by atoms with van der Waals surface area (Å²) in [5.41, 5.74) is 2.62. The molecule has 20 heavy (non-hydrogen) atoms. The van der Waals surface area contributed by atoms with Crippen molar-refractivity contribution in [1.29, 1.82) is 0 Å². The van der Waals surface area contributed by atoms with Crippen LogP contribution in [0.2, 0.25) is 0 Å². The summed E-state index contributed by atoms with van der Waals surface area (Å²) in [7, 11) is 0. The highest BCUT2D eigenvalue weighted by Gasteiger charge is 2.36. The monoisotopic (exact) mass is 262 g/mol. The number of carbonyl (C=O) groups is 2. The van der Waals surface area contributed by atoms with Crippen LogP contribution in [0.25, 0.3) is 5.57 Å². The third kappa shape index (κ3) is 1.35. The van der Waals surface area contributed by atoms with Crippen LogP contribution in [0.3, 0.4) is 0 Å². The van der Waals surface area contributed by atoms with E-state index in [0.717, 1.165) is 0 Å². The molecule has 0 bridgehead atoms. The van der Waals surface area contributed by atoms with E-state index in [1.54, 1.807) is 24.3 Å². The van der Waals surface area contributed by atoms with Crippen molar-refractivity contribution in [2.45, 2.75) is 0 Å². The van der Waals surface area contributed by atoms with Gasteiger partial charge in [-0.05, 0) is 6.07 Å². The molecule has 0 saturated heterocycles. The van der Waals surface area contributed by atoms with E-state index in [0.29, 0.717) is 33.6 Å². The van der Waals surface area contributed by atoms with Gasteiger partial charge in [0.25, 0.3) is 0 Å². The average Bonchev–Trinajstić information content (AvgIpc) is 2.51. The lowest BCUT2D eigenvalue weighted by Crippen LogP contribution is -2.27. The van der Waals surface area contributed by atoms with Crippen molar-refractivity contribution < 1.29 is 14.3 Å².